The Kier molecular flexibility index (Phi) is 3.54. The lowest BCUT2D eigenvalue weighted by Gasteiger charge is -2.20. The van der Waals surface area contributed by atoms with Gasteiger partial charge in [-0.1, -0.05) is 30.3 Å². The van der Waals surface area contributed by atoms with Crippen molar-refractivity contribution in [3.63, 3.8) is 0 Å². The van der Waals surface area contributed by atoms with Crippen molar-refractivity contribution in [1.82, 2.24) is 19.9 Å². The zero-order valence-electron chi connectivity index (χ0n) is 13.6. The summed E-state index contributed by atoms with van der Waals surface area (Å²) in [6.07, 6.45) is 1.75. The summed E-state index contributed by atoms with van der Waals surface area (Å²) in [5.74, 6) is 2.05. The number of aryl methyl sites for hydroxylation is 1. The first kappa shape index (κ1) is 14.8. The minimum Gasteiger partial charge on any atom is -0.439 e. The molecular weight excluding hydrogens is 304 g/mol. The van der Waals surface area contributed by atoms with E-state index in [4.69, 9.17) is 4.42 Å². The van der Waals surface area contributed by atoms with Gasteiger partial charge in [0.25, 0.3) is 5.56 Å². The lowest BCUT2D eigenvalue weighted by Crippen LogP contribution is -2.22. The number of rotatable bonds is 3. The second-order valence-corrected chi connectivity index (χ2v) is 6.09. The Balaban J connectivity index is 1.58. The molecular formula is C18H18N4O2. The predicted molar refractivity (Wildman–Crippen MR) is 89.2 cm³/mol. The number of aromatic nitrogens is 3. The molecule has 1 N–H and O–H groups in total. The highest BCUT2D eigenvalue weighted by atomic mass is 16.4. The minimum atomic E-state index is -0.0513. The molecule has 6 nitrogen and oxygen atoms in total. The maximum absolute atomic E-state index is 12.1. The third kappa shape index (κ3) is 2.55. The first-order chi connectivity index (χ1) is 11.6. The van der Waals surface area contributed by atoms with E-state index >= 15 is 0 Å². The van der Waals surface area contributed by atoms with Crippen LogP contribution in [-0.4, -0.2) is 19.9 Å². The molecule has 0 saturated heterocycles. The van der Waals surface area contributed by atoms with Gasteiger partial charge >= 0.3 is 0 Å². The maximum atomic E-state index is 12.1. The van der Waals surface area contributed by atoms with Gasteiger partial charge in [0.15, 0.2) is 5.76 Å². The van der Waals surface area contributed by atoms with Crippen LogP contribution in [0.2, 0.25) is 0 Å². The van der Waals surface area contributed by atoms with Crippen LogP contribution in [0.25, 0.3) is 11.3 Å². The van der Waals surface area contributed by atoms with Crippen LogP contribution >= 0.6 is 0 Å². The Hall–Kier alpha value is -2.73. The lowest BCUT2D eigenvalue weighted by molar-refractivity contribution is 0.184. The largest absolute Gasteiger partial charge is 0.439 e. The van der Waals surface area contributed by atoms with Gasteiger partial charge in [0.05, 0.1) is 23.5 Å². The molecule has 6 heteroatoms. The number of oxazole rings is 1. The number of fused-ring (bicyclic) bond motifs is 1. The highest BCUT2D eigenvalue weighted by molar-refractivity contribution is 5.55. The van der Waals surface area contributed by atoms with Gasteiger partial charge in [-0.05, 0) is 13.8 Å². The molecule has 2 aromatic heterocycles. The van der Waals surface area contributed by atoms with E-state index in [0.717, 1.165) is 22.6 Å². The molecule has 0 aliphatic carbocycles. The number of hydrogen-bond acceptors (Lipinski definition) is 5. The van der Waals surface area contributed by atoms with Gasteiger partial charge in [-0.2, -0.15) is 0 Å². The normalized spacial score (nSPS) is 15.4. The monoisotopic (exact) mass is 322 g/mol. The van der Waals surface area contributed by atoms with Crippen LogP contribution in [-0.2, 0) is 13.1 Å². The van der Waals surface area contributed by atoms with Gasteiger partial charge in [-0.25, -0.2) is 9.97 Å². The van der Waals surface area contributed by atoms with Crippen LogP contribution in [0.1, 0.15) is 35.9 Å². The number of aromatic amines is 1. The highest BCUT2D eigenvalue weighted by Gasteiger charge is 2.30. The molecule has 0 bridgehead atoms. The molecule has 0 spiro atoms. The number of H-pyrrole nitrogens is 1. The molecule has 3 aromatic rings. The second kappa shape index (κ2) is 5.72. The van der Waals surface area contributed by atoms with Crippen molar-refractivity contribution in [2.45, 2.75) is 33.0 Å². The van der Waals surface area contributed by atoms with Crippen molar-refractivity contribution < 1.29 is 4.42 Å². The van der Waals surface area contributed by atoms with Gasteiger partial charge in [0.1, 0.15) is 5.82 Å². The standard InChI is InChI=1S/C18H18N4O2/c1-11(18-19-8-16(24-18)13-6-4-3-5-7-13)22-9-14-15(10-22)20-12(2)21-17(14)23/h3-8,11H,9-10H2,1-2H3,(H,20,21,23). The molecule has 1 aliphatic heterocycles. The van der Waals surface area contributed by atoms with Crippen LogP contribution in [0.5, 0.6) is 0 Å². The maximum Gasteiger partial charge on any atom is 0.255 e. The zero-order valence-corrected chi connectivity index (χ0v) is 13.6. The fourth-order valence-electron chi connectivity index (χ4n) is 3.06. The summed E-state index contributed by atoms with van der Waals surface area (Å²) in [5, 5.41) is 0. The fourth-order valence-corrected chi connectivity index (χ4v) is 3.06. The molecule has 1 unspecified atom stereocenters. The Morgan fingerprint density at radius 3 is 2.83 bits per heavy atom. The van der Waals surface area contributed by atoms with Crippen molar-refractivity contribution in [2.24, 2.45) is 0 Å². The van der Waals surface area contributed by atoms with Crippen LogP contribution < -0.4 is 5.56 Å². The number of benzene rings is 1. The second-order valence-electron chi connectivity index (χ2n) is 6.09. The Morgan fingerprint density at radius 2 is 2.04 bits per heavy atom. The third-order valence-electron chi connectivity index (χ3n) is 4.42. The van der Waals surface area contributed by atoms with Gasteiger partial charge in [-0.15, -0.1) is 0 Å². The van der Waals surface area contributed by atoms with E-state index in [1.807, 2.05) is 37.3 Å². The molecule has 3 heterocycles. The molecule has 0 fully saturated rings. The van der Waals surface area contributed by atoms with Crippen molar-refractivity contribution in [1.29, 1.82) is 0 Å². The van der Waals surface area contributed by atoms with E-state index < -0.39 is 0 Å². The van der Waals surface area contributed by atoms with Gasteiger partial charge in [-0.3, -0.25) is 9.69 Å². The predicted octanol–water partition coefficient (Wildman–Crippen LogP) is 2.81. The first-order valence-corrected chi connectivity index (χ1v) is 7.95. The summed E-state index contributed by atoms with van der Waals surface area (Å²) in [6.45, 7) is 5.02. The number of nitrogens with one attached hydrogen (secondary N) is 1. The quantitative estimate of drug-likeness (QED) is 0.802. The third-order valence-corrected chi connectivity index (χ3v) is 4.42. The average molecular weight is 322 g/mol. The van der Waals surface area contributed by atoms with E-state index in [0.29, 0.717) is 24.8 Å². The minimum absolute atomic E-state index is 0.0311. The Morgan fingerprint density at radius 1 is 1.25 bits per heavy atom. The summed E-state index contributed by atoms with van der Waals surface area (Å²) in [4.78, 5) is 25.8. The van der Waals surface area contributed by atoms with E-state index in [1.54, 1.807) is 13.1 Å². The summed E-state index contributed by atoms with van der Waals surface area (Å²) in [5.41, 5.74) is 2.53. The zero-order chi connectivity index (χ0) is 16.7. The summed E-state index contributed by atoms with van der Waals surface area (Å²) in [7, 11) is 0. The SMILES string of the molecule is Cc1nc2c(c(=O)[nH]1)CN(C(C)c1ncc(-c3ccccc3)o1)C2. The van der Waals surface area contributed by atoms with Crippen molar-refractivity contribution >= 4 is 0 Å². The number of nitrogens with zero attached hydrogens (tertiary/aromatic N) is 3. The first-order valence-electron chi connectivity index (χ1n) is 7.95. The molecule has 24 heavy (non-hydrogen) atoms. The van der Waals surface area contributed by atoms with Gasteiger partial charge in [0.2, 0.25) is 5.89 Å². The van der Waals surface area contributed by atoms with Gasteiger partial charge in [0, 0.05) is 18.7 Å². The topological polar surface area (TPSA) is 75.0 Å². The van der Waals surface area contributed by atoms with Crippen LogP contribution in [0.3, 0.4) is 0 Å². The Labute approximate surface area is 139 Å². The van der Waals surface area contributed by atoms with E-state index in [9.17, 15) is 4.79 Å². The lowest BCUT2D eigenvalue weighted by atomic mass is 10.2. The fraction of sp³-hybridized carbons (Fsp3) is 0.278. The Bertz CT molecular complexity index is 930. The summed E-state index contributed by atoms with van der Waals surface area (Å²) >= 11 is 0. The van der Waals surface area contributed by atoms with Crippen molar-refractivity contribution in [2.75, 3.05) is 0 Å². The summed E-state index contributed by atoms with van der Waals surface area (Å²) < 4.78 is 5.94. The molecule has 0 amide bonds. The highest BCUT2D eigenvalue weighted by Crippen LogP contribution is 2.30. The van der Waals surface area contributed by atoms with Crippen molar-refractivity contribution in [3.8, 4) is 11.3 Å². The average Bonchev–Trinajstić information content (AvgIpc) is 3.22. The van der Waals surface area contributed by atoms with Crippen molar-refractivity contribution in [3.05, 3.63) is 69.9 Å². The molecule has 1 aromatic carbocycles. The van der Waals surface area contributed by atoms with E-state index in [-0.39, 0.29) is 11.6 Å². The molecule has 1 aliphatic rings. The van der Waals surface area contributed by atoms with Crippen LogP contribution in [0.4, 0.5) is 0 Å². The van der Waals surface area contributed by atoms with E-state index in [2.05, 4.69) is 19.9 Å². The van der Waals surface area contributed by atoms with Gasteiger partial charge < -0.3 is 9.40 Å². The molecule has 122 valence electrons. The van der Waals surface area contributed by atoms with Crippen LogP contribution in [0, 0.1) is 6.92 Å². The molecule has 0 saturated carbocycles. The van der Waals surface area contributed by atoms with Crippen LogP contribution in [0.15, 0.2) is 45.7 Å². The molecule has 0 radical (unpaired) electrons. The molecule has 4 rings (SSSR count). The van der Waals surface area contributed by atoms with E-state index in [1.165, 1.54) is 0 Å². The number of hydrogen-bond donors (Lipinski definition) is 1. The summed E-state index contributed by atoms with van der Waals surface area (Å²) in [6, 6.07) is 9.87. The molecule has 1 atom stereocenters. The smallest absolute Gasteiger partial charge is 0.255 e.